The van der Waals surface area contributed by atoms with Gasteiger partial charge in [0.05, 0.1) is 0 Å². The summed E-state index contributed by atoms with van der Waals surface area (Å²) in [5.41, 5.74) is 0.690. The second-order valence-electron chi connectivity index (χ2n) is 5.84. The predicted octanol–water partition coefficient (Wildman–Crippen LogP) is 3.49. The summed E-state index contributed by atoms with van der Waals surface area (Å²) in [6.07, 6.45) is 5.54. The highest BCUT2D eigenvalue weighted by Gasteiger charge is 2.38. The lowest BCUT2D eigenvalue weighted by molar-refractivity contribution is 0.318. The van der Waals surface area contributed by atoms with Crippen LogP contribution in [0.25, 0.3) is 0 Å². The maximum atomic E-state index is 13.0. The van der Waals surface area contributed by atoms with E-state index in [1.165, 1.54) is 37.8 Å². The number of hydrogen-bond acceptors (Lipinski definition) is 1. The molecule has 3 heteroatoms. The number of benzene rings is 1. The molecule has 98 valence electrons. The summed E-state index contributed by atoms with van der Waals surface area (Å²) in [6, 6.07) is 3.72. The molecule has 0 saturated heterocycles. The van der Waals surface area contributed by atoms with Crippen molar-refractivity contribution in [3.05, 3.63) is 35.4 Å². The number of hydrogen-bond donors (Lipinski definition) is 1. The molecule has 18 heavy (non-hydrogen) atoms. The van der Waals surface area contributed by atoms with E-state index in [9.17, 15) is 8.78 Å². The van der Waals surface area contributed by atoms with Gasteiger partial charge in [0.15, 0.2) is 0 Å². The van der Waals surface area contributed by atoms with E-state index in [0.717, 1.165) is 30.4 Å². The Morgan fingerprint density at radius 1 is 1.06 bits per heavy atom. The summed E-state index contributed by atoms with van der Waals surface area (Å²) >= 11 is 0. The van der Waals surface area contributed by atoms with Gasteiger partial charge in [-0.3, -0.25) is 0 Å². The van der Waals surface area contributed by atoms with E-state index in [1.54, 1.807) is 0 Å². The van der Waals surface area contributed by atoms with Gasteiger partial charge in [0, 0.05) is 12.6 Å². The highest BCUT2D eigenvalue weighted by atomic mass is 19.1. The van der Waals surface area contributed by atoms with Crippen LogP contribution < -0.4 is 5.32 Å². The van der Waals surface area contributed by atoms with E-state index in [2.05, 4.69) is 5.32 Å². The minimum atomic E-state index is -0.494. The molecular weight excluding hydrogens is 232 g/mol. The zero-order valence-corrected chi connectivity index (χ0v) is 10.5. The molecule has 2 fully saturated rings. The lowest BCUT2D eigenvalue weighted by Crippen LogP contribution is -2.26. The SMILES string of the molecule is Fc1cc(F)cc(CNCC2CC3CCC2C3)c1. The largest absolute Gasteiger partial charge is 0.312 e. The highest BCUT2D eigenvalue weighted by Crippen LogP contribution is 2.47. The second kappa shape index (κ2) is 4.96. The van der Waals surface area contributed by atoms with Crippen molar-refractivity contribution in [1.29, 1.82) is 0 Å². The highest BCUT2D eigenvalue weighted by molar-refractivity contribution is 5.17. The van der Waals surface area contributed by atoms with Crippen LogP contribution in [0.3, 0.4) is 0 Å². The Morgan fingerprint density at radius 2 is 1.83 bits per heavy atom. The first kappa shape index (κ1) is 12.1. The fraction of sp³-hybridized carbons (Fsp3) is 0.600. The zero-order valence-electron chi connectivity index (χ0n) is 10.5. The third kappa shape index (κ3) is 2.56. The van der Waals surface area contributed by atoms with Crippen molar-refractivity contribution in [1.82, 2.24) is 5.32 Å². The summed E-state index contributed by atoms with van der Waals surface area (Å²) in [7, 11) is 0. The first-order valence-electron chi connectivity index (χ1n) is 6.86. The Balaban J connectivity index is 1.49. The molecule has 1 aromatic carbocycles. The van der Waals surface area contributed by atoms with E-state index in [4.69, 9.17) is 0 Å². The molecule has 2 saturated carbocycles. The van der Waals surface area contributed by atoms with E-state index in [-0.39, 0.29) is 0 Å². The summed E-state index contributed by atoms with van der Waals surface area (Å²) in [5, 5.41) is 3.35. The molecule has 3 atom stereocenters. The number of nitrogens with one attached hydrogen (secondary N) is 1. The van der Waals surface area contributed by atoms with Crippen LogP contribution in [0.4, 0.5) is 8.78 Å². The molecule has 3 unspecified atom stereocenters. The minimum absolute atomic E-state index is 0.494. The van der Waals surface area contributed by atoms with Gasteiger partial charge < -0.3 is 5.32 Å². The molecule has 1 aromatic rings. The molecule has 2 bridgehead atoms. The van der Waals surface area contributed by atoms with E-state index < -0.39 is 11.6 Å². The smallest absolute Gasteiger partial charge is 0.126 e. The van der Waals surface area contributed by atoms with Crippen LogP contribution in [-0.4, -0.2) is 6.54 Å². The van der Waals surface area contributed by atoms with Crippen LogP contribution in [-0.2, 0) is 6.54 Å². The van der Waals surface area contributed by atoms with Gasteiger partial charge in [-0.1, -0.05) is 6.42 Å². The molecule has 3 rings (SSSR count). The van der Waals surface area contributed by atoms with Crippen LogP contribution in [0, 0.1) is 29.4 Å². The molecule has 0 spiro atoms. The third-order valence-electron chi connectivity index (χ3n) is 4.54. The fourth-order valence-corrected chi connectivity index (χ4v) is 3.74. The first-order valence-corrected chi connectivity index (χ1v) is 6.86. The van der Waals surface area contributed by atoms with Crippen LogP contribution in [0.5, 0.6) is 0 Å². The quantitative estimate of drug-likeness (QED) is 0.863. The molecule has 0 amide bonds. The number of rotatable bonds is 4. The summed E-state index contributed by atoms with van der Waals surface area (Å²) in [6.45, 7) is 1.54. The number of fused-ring (bicyclic) bond motifs is 2. The average Bonchev–Trinajstić information content (AvgIpc) is 2.89. The van der Waals surface area contributed by atoms with Crippen molar-refractivity contribution in [2.24, 2.45) is 17.8 Å². The zero-order chi connectivity index (χ0) is 12.5. The van der Waals surface area contributed by atoms with E-state index in [0.29, 0.717) is 12.1 Å². The Labute approximate surface area is 107 Å². The topological polar surface area (TPSA) is 12.0 Å². The van der Waals surface area contributed by atoms with Crippen molar-refractivity contribution in [3.63, 3.8) is 0 Å². The third-order valence-corrected chi connectivity index (χ3v) is 4.54. The number of halogens is 2. The molecular formula is C15H19F2N. The van der Waals surface area contributed by atoms with Gasteiger partial charge in [-0.2, -0.15) is 0 Å². The van der Waals surface area contributed by atoms with Crippen molar-refractivity contribution in [2.45, 2.75) is 32.2 Å². The van der Waals surface area contributed by atoms with Crippen LogP contribution >= 0.6 is 0 Å². The maximum absolute atomic E-state index is 13.0. The van der Waals surface area contributed by atoms with Gasteiger partial charge in [0.1, 0.15) is 11.6 Å². The Hall–Kier alpha value is -0.960. The lowest BCUT2D eigenvalue weighted by Gasteiger charge is -2.21. The van der Waals surface area contributed by atoms with Crippen molar-refractivity contribution >= 4 is 0 Å². The van der Waals surface area contributed by atoms with E-state index in [1.807, 2.05) is 0 Å². The normalized spacial score (nSPS) is 30.0. The van der Waals surface area contributed by atoms with Gasteiger partial charge in [0.25, 0.3) is 0 Å². The standard InChI is InChI=1S/C15H19F2N/c16-14-5-11(6-15(17)7-14)8-18-9-13-4-10-1-2-12(13)3-10/h5-7,10,12-13,18H,1-4,8-9H2. The monoisotopic (exact) mass is 251 g/mol. The molecule has 0 aliphatic heterocycles. The van der Waals surface area contributed by atoms with Gasteiger partial charge >= 0.3 is 0 Å². The summed E-state index contributed by atoms with van der Waals surface area (Å²) in [4.78, 5) is 0. The lowest BCUT2D eigenvalue weighted by atomic mass is 9.89. The van der Waals surface area contributed by atoms with Crippen LogP contribution in [0.2, 0.25) is 0 Å². The molecule has 1 N–H and O–H groups in total. The van der Waals surface area contributed by atoms with Gasteiger partial charge in [-0.05, 0) is 61.3 Å². The summed E-state index contributed by atoms with van der Waals surface area (Å²) in [5.74, 6) is 1.64. The Bertz CT molecular complexity index is 412. The van der Waals surface area contributed by atoms with Crippen molar-refractivity contribution in [2.75, 3.05) is 6.54 Å². The molecule has 0 heterocycles. The first-order chi connectivity index (χ1) is 8.70. The molecule has 0 radical (unpaired) electrons. The predicted molar refractivity (Wildman–Crippen MR) is 67.0 cm³/mol. The van der Waals surface area contributed by atoms with Crippen LogP contribution in [0.15, 0.2) is 18.2 Å². The van der Waals surface area contributed by atoms with Gasteiger partial charge in [-0.15, -0.1) is 0 Å². The van der Waals surface area contributed by atoms with Crippen LogP contribution in [0.1, 0.15) is 31.2 Å². The van der Waals surface area contributed by atoms with Crippen molar-refractivity contribution in [3.8, 4) is 0 Å². The summed E-state index contributed by atoms with van der Waals surface area (Å²) < 4.78 is 26.0. The maximum Gasteiger partial charge on any atom is 0.126 e. The Kier molecular flexibility index (Phi) is 3.33. The molecule has 2 aliphatic rings. The molecule has 1 nitrogen and oxygen atoms in total. The average molecular weight is 251 g/mol. The van der Waals surface area contributed by atoms with Gasteiger partial charge in [-0.25, -0.2) is 8.78 Å². The molecule has 2 aliphatic carbocycles. The fourth-order valence-electron chi connectivity index (χ4n) is 3.74. The van der Waals surface area contributed by atoms with Crippen molar-refractivity contribution < 1.29 is 8.78 Å². The minimum Gasteiger partial charge on any atom is -0.312 e. The van der Waals surface area contributed by atoms with Gasteiger partial charge in [0.2, 0.25) is 0 Å². The Morgan fingerprint density at radius 3 is 2.44 bits per heavy atom. The molecule has 0 aromatic heterocycles. The second-order valence-corrected chi connectivity index (χ2v) is 5.84. The van der Waals surface area contributed by atoms with E-state index >= 15 is 0 Å².